The van der Waals surface area contributed by atoms with Gasteiger partial charge in [0.05, 0.1) is 0 Å². The van der Waals surface area contributed by atoms with E-state index in [1.54, 1.807) is 0 Å². The van der Waals surface area contributed by atoms with Gasteiger partial charge < -0.3 is 9.80 Å². The topological polar surface area (TPSA) is 6.48 Å². The van der Waals surface area contributed by atoms with Crippen molar-refractivity contribution in [2.75, 3.05) is 9.80 Å². The molecule has 2 aliphatic rings. The molecule has 0 aliphatic carbocycles. The highest BCUT2D eigenvalue weighted by Gasteiger charge is 2.44. The van der Waals surface area contributed by atoms with Gasteiger partial charge in [0.15, 0.2) is 0 Å². The first-order valence-electron chi connectivity index (χ1n) is 29.5. The van der Waals surface area contributed by atoms with Crippen LogP contribution in [0.25, 0.3) is 110 Å². The van der Waals surface area contributed by atoms with Crippen LogP contribution < -0.4 is 26.2 Å². The fourth-order valence-electron chi connectivity index (χ4n) is 13.9. The summed E-state index contributed by atoms with van der Waals surface area (Å²) in [5.41, 5.74) is 24.7. The molecule has 3 heteroatoms. The first-order valence-corrected chi connectivity index (χ1v) is 29.5. The number of fused-ring (bicyclic) bond motifs is 8. The van der Waals surface area contributed by atoms with E-state index in [2.05, 4.69) is 331 Å². The van der Waals surface area contributed by atoms with Crippen molar-refractivity contribution in [2.24, 2.45) is 0 Å². The Balaban J connectivity index is 1.02. The molecule has 15 aromatic rings. The average molecular weight is 1080 g/mol. The molecule has 0 spiro atoms. The Labute approximate surface area is 495 Å². The van der Waals surface area contributed by atoms with E-state index in [0.717, 1.165) is 39.4 Å². The Morgan fingerprint density at radius 3 is 0.871 bits per heavy atom. The summed E-state index contributed by atoms with van der Waals surface area (Å²) in [7, 11) is 0. The summed E-state index contributed by atoms with van der Waals surface area (Å²) in [6.45, 7) is -0.141. The molecule has 0 bridgehead atoms. The third kappa shape index (κ3) is 8.27. The Hall–Kier alpha value is -11.0. The van der Waals surface area contributed by atoms with Crippen molar-refractivity contribution in [3.05, 3.63) is 322 Å². The molecule has 17 rings (SSSR count). The maximum Gasteiger partial charge on any atom is 0.252 e. The van der Waals surface area contributed by atoms with Gasteiger partial charge in [0.1, 0.15) is 0 Å². The molecule has 15 aromatic carbocycles. The third-order valence-electron chi connectivity index (χ3n) is 17.9. The number of benzene rings is 15. The first kappa shape index (κ1) is 48.7. The van der Waals surface area contributed by atoms with E-state index in [9.17, 15) is 0 Å². The SMILES string of the molecule is c1ccc(-c2ccc(N3c4cc5cc6ccccc6cc5cc4B4c5cc6cc7ccccc7cc6cc5N(c5ccc(-c6ccccc6)cc5)c5cc(-c6c(-c7ccccc7)cc(-c7ccccc7)cc6-c6ccccc6)cc3c54)cc2)cc1. The first-order chi connectivity index (χ1) is 42.1. The van der Waals surface area contributed by atoms with Crippen LogP contribution in [-0.4, -0.2) is 6.71 Å². The second kappa shape index (κ2) is 19.9. The predicted molar refractivity (Wildman–Crippen MR) is 363 cm³/mol. The normalized spacial score (nSPS) is 12.4. The van der Waals surface area contributed by atoms with Crippen molar-refractivity contribution in [1.29, 1.82) is 0 Å². The van der Waals surface area contributed by atoms with Crippen molar-refractivity contribution >= 4 is 100 Å². The van der Waals surface area contributed by atoms with Crippen molar-refractivity contribution < 1.29 is 0 Å². The molecule has 2 heterocycles. The smallest absolute Gasteiger partial charge is 0.252 e. The van der Waals surface area contributed by atoms with E-state index in [0.29, 0.717) is 0 Å². The van der Waals surface area contributed by atoms with Crippen molar-refractivity contribution in [3.8, 4) is 66.8 Å². The molecule has 0 fully saturated rings. The lowest BCUT2D eigenvalue weighted by atomic mass is 9.33. The average Bonchev–Trinajstić information content (AvgIpc) is 1.19. The maximum atomic E-state index is 2.59. The molecule has 0 saturated carbocycles. The van der Waals surface area contributed by atoms with Gasteiger partial charge in [-0.1, -0.05) is 237 Å². The minimum absolute atomic E-state index is 0.141. The van der Waals surface area contributed by atoms with Gasteiger partial charge in [-0.15, -0.1) is 0 Å². The monoisotopic (exact) mass is 1080 g/mol. The van der Waals surface area contributed by atoms with E-state index in [1.807, 2.05) is 0 Å². The van der Waals surface area contributed by atoms with Crippen LogP contribution >= 0.6 is 0 Å². The molecule has 0 unspecified atom stereocenters. The van der Waals surface area contributed by atoms with Crippen LogP contribution in [0.15, 0.2) is 322 Å². The largest absolute Gasteiger partial charge is 0.311 e. The van der Waals surface area contributed by atoms with Gasteiger partial charge in [0.2, 0.25) is 0 Å². The maximum absolute atomic E-state index is 2.59. The number of anilines is 6. The van der Waals surface area contributed by atoms with Crippen LogP contribution in [-0.2, 0) is 0 Å². The second-order valence-electron chi connectivity index (χ2n) is 22.8. The number of nitrogens with zero attached hydrogens (tertiary/aromatic N) is 2. The van der Waals surface area contributed by atoms with E-state index in [-0.39, 0.29) is 6.71 Å². The van der Waals surface area contributed by atoms with Crippen LogP contribution in [0, 0.1) is 0 Å². The summed E-state index contributed by atoms with van der Waals surface area (Å²) in [5, 5.41) is 9.79. The van der Waals surface area contributed by atoms with Gasteiger partial charge in [0.25, 0.3) is 6.71 Å². The van der Waals surface area contributed by atoms with Crippen LogP contribution in [0.1, 0.15) is 0 Å². The summed E-state index contributed by atoms with van der Waals surface area (Å²) >= 11 is 0. The highest BCUT2D eigenvalue weighted by atomic mass is 15.2. The van der Waals surface area contributed by atoms with E-state index in [4.69, 9.17) is 0 Å². The van der Waals surface area contributed by atoms with Crippen LogP contribution in [0.3, 0.4) is 0 Å². The van der Waals surface area contributed by atoms with Gasteiger partial charge in [-0.25, -0.2) is 0 Å². The van der Waals surface area contributed by atoms with E-state index < -0.39 is 0 Å². The molecular formula is C82H53BN2. The summed E-state index contributed by atoms with van der Waals surface area (Å²) in [6, 6.07) is 120. The number of hydrogen-bond acceptors (Lipinski definition) is 2. The van der Waals surface area contributed by atoms with Gasteiger partial charge in [0, 0.05) is 34.1 Å². The zero-order valence-corrected chi connectivity index (χ0v) is 46.6. The zero-order valence-electron chi connectivity index (χ0n) is 46.6. The summed E-state index contributed by atoms with van der Waals surface area (Å²) < 4.78 is 0. The van der Waals surface area contributed by atoms with E-state index >= 15 is 0 Å². The fraction of sp³-hybridized carbons (Fsp3) is 0. The summed E-state index contributed by atoms with van der Waals surface area (Å²) in [4.78, 5) is 5.19. The van der Waals surface area contributed by atoms with Crippen molar-refractivity contribution in [3.63, 3.8) is 0 Å². The van der Waals surface area contributed by atoms with E-state index in [1.165, 1.54) is 121 Å². The second-order valence-corrected chi connectivity index (χ2v) is 22.8. The lowest BCUT2D eigenvalue weighted by Gasteiger charge is -2.45. The van der Waals surface area contributed by atoms with Gasteiger partial charge in [-0.2, -0.15) is 0 Å². The highest BCUT2D eigenvalue weighted by molar-refractivity contribution is 7.00. The van der Waals surface area contributed by atoms with Crippen molar-refractivity contribution in [1.82, 2.24) is 0 Å². The minimum atomic E-state index is -0.141. The fourth-order valence-corrected chi connectivity index (χ4v) is 13.9. The van der Waals surface area contributed by atoms with Crippen molar-refractivity contribution in [2.45, 2.75) is 0 Å². The lowest BCUT2D eigenvalue weighted by Crippen LogP contribution is -2.61. The molecule has 0 N–H and O–H groups in total. The molecule has 0 saturated heterocycles. The van der Waals surface area contributed by atoms with Gasteiger partial charge in [-0.05, 0) is 211 Å². The van der Waals surface area contributed by atoms with Gasteiger partial charge >= 0.3 is 0 Å². The molecule has 85 heavy (non-hydrogen) atoms. The Morgan fingerprint density at radius 2 is 0.506 bits per heavy atom. The number of rotatable bonds is 8. The predicted octanol–water partition coefficient (Wildman–Crippen LogP) is 20.4. The van der Waals surface area contributed by atoms with Crippen LogP contribution in [0.4, 0.5) is 34.1 Å². The summed E-state index contributed by atoms with van der Waals surface area (Å²) in [6.07, 6.45) is 0. The Morgan fingerprint density at radius 1 is 0.200 bits per heavy atom. The zero-order chi connectivity index (χ0) is 56.0. The Kier molecular flexibility index (Phi) is 11.4. The third-order valence-corrected chi connectivity index (χ3v) is 17.9. The summed E-state index contributed by atoms with van der Waals surface area (Å²) in [5.74, 6) is 0. The van der Waals surface area contributed by atoms with Crippen LogP contribution in [0.5, 0.6) is 0 Å². The quantitative estimate of drug-likeness (QED) is 0.111. The lowest BCUT2D eigenvalue weighted by molar-refractivity contribution is 1.26. The minimum Gasteiger partial charge on any atom is -0.311 e. The molecule has 0 radical (unpaired) electrons. The van der Waals surface area contributed by atoms with Crippen LogP contribution in [0.2, 0.25) is 0 Å². The Bertz CT molecular complexity index is 4790. The number of hydrogen-bond donors (Lipinski definition) is 0. The molecule has 0 aromatic heterocycles. The standard InChI is InChI=1S/C82H53BN2/c1-6-20-54(21-7-1)57-34-38-71(39-35-57)84-77-50-67-44-63-32-18-16-30-61(63)42-65(67)48-75(77)83-76-49-66-43-62-31-17-19-33-64(62)45-68(66)51-78(76)85(72-40-36-58(37-41-72)55-22-8-2-9-23-55)80-53-70(52-79(84)82(80)83)81-73(59-26-12-4-13-27-59)46-69(56-24-10-3-11-25-56)47-74(81)60-28-14-5-15-29-60/h1-53H. The van der Waals surface area contributed by atoms with Gasteiger partial charge in [-0.3, -0.25) is 0 Å². The molecule has 2 aliphatic heterocycles. The molecule has 394 valence electrons. The molecule has 0 amide bonds. The molecule has 0 atom stereocenters. The molecular weight excluding hydrogens is 1020 g/mol. The molecule has 2 nitrogen and oxygen atoms in total. The highest BCUT2D eigenvalue weighted by Crippen LogP contribution is 2.51.